The smallest absolute Gasteiger partial charge is 0.297 e. The predicted molar refractivity (Wildman–Crippen MR) is 96.7 cm³/mol. The molecule has 0 aliphatic carbocycles. The molecule has 8 heteroatoms. The van der Waals surface area contributed by atoms with Crippen LogP contribution in [-0.2, 0) is 4.74 Å². The molecule has 138 valence electrons. The lowest BCUT2D eigenvalue weighted by atomic mass is 10.2. The highest BCUT2D eigenvalue weighted by atomic mass is 19.1. The zero-order valence-corrected chi connectivity index (χ0v) is 14.6. The van der Waals surface area contributed by atoms with Crippen molar-refractivity contribution in [1.29, 1.82) is 0 Å². The first-order valence-electron chi connectivity index (χ1n) is 9.01. The van der Waals surface area contributed by atoms with E-state index in [4.69, 9.17) is 4.74 Å². The Morgan fingerprint density at radius 3 is 2.38 bits per heavy atom. The predicted octanol–water partition coefficient (Wildman–Crippen LogP) is -0.408. The number of nitrogens with two attached hydrogens (primary N) is 1. The number of anilines is 2. The number of nitrogens with zero attached hydrogens (tertiary/aromatic N) is 4. The molecular weight excluding hydrogens is 337 g/mol. The van der Waals surface area contributed by atoms with Gasteiger partial charge in [0.15, 0.2) is 0 Å². The molecule has 0 saturated carbocycles. The number of quaternary nitrogens is 1. The first-order valence-corrected chi connectivity index (χ1v) is 9.01. The van der Waals surface area contributed by atoms with Gasteiger partial charge in [-0.2, -0.15) is 9.78 Å². The van der Waals surface area contributed by atoms with E-state index in [1.807, 2.05) is 0 Å². The Morgan fingerprint density at radius 1 is 1.00 bits per heavy atom. The second-order valence-electron chi connectivity index (χ2n) is 6.52. The van der Waals surface area contributed by atoms with Crippen LogP contribution in [0.3, 0.4) is 0 Å². The Balaban J connectivity index is 1.80. The van der Waals surface area contributed by atoms with Crippen LogP contribution >= 0.6 is 0 Å². The van der Waals surface area contributed by atoms with Gasteiger partial charge in [-0.25, -0.2) is 4.39 Å². The highest BCUT2D eigenvalue weighted by Gasteiger charge is 2.25. The molecule has 26 heavy (non-hydrogen) atoms. The van der Waals surface area contributed by atoms with E-state index in [-0.39, 0.29) is 11.4 Å². The van der Waals surface area contributed by atoms with Gasteiger partial charge in [-0.1, -0.05) is 0 Å². The molecule has 2 fully saturated rings. The highest BCUT2D eigenvalue weighted by Crippen LogP contribution is 2.26. The number of rotatable bonds is 3. The summed E-state index contributed by atoms with van der Waals surface area (Å²) in [6.07, 6.45) is 1.76. The third-order valence-corrected chi connectivity index (χ3v) is 4.88. The van der Waals surface area contributed by atoms with Crippen LogP contribution in [0.4, 0.5) is 15.8 Å². The Morgan fingerprint density at radius 2 is 1.69 bits per heavy atom. The summed E-state index contributed by atoms with van der Waals surface area (Å²) >= 11 is 0. The van der Waals surface area contributed by atoms with Gasteiger partial charge in [0.25, 0.3) is 5.56 Å². The van der Waals surface area contributed by atoms with E-state index in [2.05, 4.69) is 20.2 Å². The number of ether oxygens (including phenoxy) is 1. The zero-order valence-electron chi connectivity index (χ0n) is 14.6. The molecule has 2 saturated heterocycles. The van der Waals surface area contributed by atoms with Crippen molar-refractivity contribution in [2.75, 3.05) is 62.3 Å². The van der Waals surface area contributed by atoms with E-state index < -0.39 is 0 Å². The number of aromatic nitrogens is 2. The fraction of sp³-hybridized carbons (Fsp3) is 0.444. The van der Waals surface area contributed by atoms with Crippen LogP contribution in [0, 0.1) is 5.82 Å². The number of piperazine rings is 1. The van der Waals surface area contributed by atoms with Gasteiger partial charge in [-0.3, -0.25) is 4.79 Å². The fourth-order valence-electron chi connectivity index (χ4n) is 3.51. The maximum Gasteiger partial charge on any atom is 0.297 e. The summed E-state index contributed by atoms with van der Waals surface area (Å²) in [5.74, 6) is -0.337. The second kappa shape index (κ2) is 7.43. The molecule has 3 heterocycles. The molecule has 4 rings (SSSR count). The van der Waals surface area contributed by atoms with Crippen LogP contribution in [0.1, 0.15) is 0 Å². The lowest BCUT2D eigenvalue weighted by molar-refractivity contribution is -0.655. The molecule has 1 aromatic carbocycles. The van der Waals surface area contributed by atoms with E-state index in [0.29, 0.717) is 37.7 Å². The summed E-state index contributed by atoms with van der Waals surface area (Å²) in [5.41, 5.74) is 1.92. The van der Waals surface area contributed by atoms with Gasteiger partial charge in [0.05, 0.1) is 57.0 Å². The Hall–Kier alpha value is -2.45. The summed E-state index contributed by atoms with van der Waals surface area (Å²) in [4.78, 5) is 17.6. The highest BCUT2D eigenvalue weighted by molar-refractivity contribution is 5.70. The van der Waals surface area contributed by atoms with Crippen molar-refractivity contribution in [2.45, 2.75) is 0 Å². The quantitative estimate of drug-likeness (QED) is 0.806. The van der Waals surface area contributed by atoms with E-state index in [0.717, 1.165) is 31.9 Å². The van der Waals surface area contributed by atoms with Gasteiger partial charge < -0.3 is 19.9 Å². The van der Waals surface area contributed by atoms with Crippen LogP contribution in [0.25, 0.3) is 5.69 Å². The average Bonchev–Trinajstić information content (AvgIpc) is 2.70. The van der Waals surface area contributed by atoms with E-state index >= 15 is 0 Å². The first kappa shape index (κ1) is 17.0. The van der Waals surface area contributed by atoms with E-state index in [1.54, 1.807) is 18.3 Å². The fourth-order valence-corrected chi connectivity index (χ4v) is 3.51. The maximum atomic E-state index is 13.3. The summed E-state index contributed by atoms with van der Waals surface area (Å²) < 4.78 is 20.0. The molecule has 2 aliphatic rings. The number of halogens is 1. The van der Waals surface area contributed by atoms with E-state index in [1.165, 1.54) is 16.8 Å². The number of hydrogen-bond donors (Lipinski definition) is 1. The van der Waals surface area contributed by atoms with Crippen molar-refractivity contribution in [1.82, 2.24) is 9.78 Å². The first-order chi connectivity index (χ1) is 12.7. The molecule has 0 unspecified atom stereocenters. The SMILES string of the molecule is O=c1c(N2CCOCC2)c(N2CC[NH2+]CC2)cnn1-c1ccc(F)cc1. The zero-order chi connectivity index (χ0) is 17.9. The van der Waals surface area contributed by atoms with Gasteiger partial charge in [-0.15, -0.1) is 0 Å². The molecule has 0 radical (unpaired) electrons. The summed E-state index contributed by atoms with van der Waals surface area (Å²) in [5, 5.41) is 6.66. The lowest BCUT2D eigenvalue weighted by Crippen LogP contribution is -2.89. The molecule has 0 atom stereocenters. The number of benzene rings is 1. The second-order valence-corrected chi connectivity index (χ2v) is 6.52. The number of morpholine rings is 1. The van der Waals surface area contributed by atoms with Crippen LogP contribution in [0.15, 0.2) is 35.3 Å². The van der Waals surface area contributed by atoms with Crippen LogP contribution in [-0.4, -0.2) is 62.3 Å². The standard InChI is InChI=1S/C18H22FN5O2/c19-14-1-3-15(4-2-14)24-18(25)17(23-9-11-26-12-10-23)16(13-21-24)22-7-5-20-6-8-22/h1-4,13,20H,5-12H2/p+1. The van der Waals surface area contributed by atoms with Crippen LogP contribution in [0.2, 0.25) is 0 Å². The molecule has 0 spiro atoms. The van der Waals surface area contributed by atoms with Gasteiger partial charge >= 0.3 is 0 Å². The summed E-state index contributed by atoms with van der Waals surface area (Å²) in [6, 6.07) is 5.82. The Kier molecular flexibility index (Phi) is 4.85. The van der Waals surface area contributed by atoms with Gasteiger partial charge in [0.1, 0.15) is 11.5 Å². The minimum Gasteiger partial charge on any atom is -0.378 e. The minimum absolute atomic E-state index is 0.175. The molecular formula is C18H23FN5O2+. The van der Waals surface area contributed by atoms with Gasteiger partial charge in [0, 0.05) is 13.1 Å². The normalized spacial score (nSPS) is 18.2. The molecule has 0 amide bonds. The Labute approximate surface area is 151 Å². The third kappa shape index (κ3) is 3.30. The van der Waals surface area contributed by atoms with Crippen molar-refractivity contribution in [3.05, 3.63) is 46.6 Å². The molecule has 2 N–H and O–H groups in total. The number of hydrogen-bond acceptors (Lipinski definition) is 5. The van der Waals surface area contributed by atoms with E-state index in [9.17, 15) is 9.18 Å². The van der Waals surface area contributed by atoms with Crippen molar-refractivity contribution in [3.8, 4) is 5.69 Å². The van der Waals surface area contributed by atoms with Crippen LogP contribution < -0.4 is 20.7 Å². The lowest BCUT2D eigenvalue weighted by Gasteiger charge is -2.34. The van der Waals surface area contributed by atoms with Crippen molar-refractivity contribution < 1.29 is 14.4 Å². The third-order valence-electron chi connectivity index (χ3n) is 4.88. The monoisotopic (exact) mass is 360 g/mol. The molecule has 2 aliphatic heterocycles. The maximum absolute atomic E-state index is 13.3. The van der Waals surface area contributed by atoms with Crippen molar-refractivity contribution in [2.24, 2.45) is 0 Å². The topological polar surface area (TPSA) is 67.2 Å². The largest absolute Gasteiger partial charge is 0.378 e. The van der Waals surface area contributed by atoms with Crippen LogP contribution in [0.5, 0.6) is 0 Å². The molecule has 2 aromatic rings. The van der Waals surface area contributed by atoms with Gasteiger partial charge in [0.2, 0.25) is 0 Å². The molecule has 0 bridgehead atoms. The Bertz CT molecular complexity index is 811. The molecule has 1 aromatic heterocycles. The van der Waals surface area contributed by atoms with Crippen molar-refractivity contribution in [3.63, 3.8) is 0 Å². The summed E-state index contributed by atoms with van der Waals surface area (Å²) in [6.45, 7) is 6.34. The summed E-state index contributed by atoms with van der Waals surface area (Å²) in [7, 11) is 0. The average molecular weight is 360 g/mol. The minimum atomic E-state index is -0.337. The van der Waals surface area contributed by atoms with Gasteiger partial charge in [-0.05, 0) is 24.3 Å². The molecule has 7 nitrogen and oxygen atoms in total. The van der Waals surface area contributed by atoms with Crippen molar-refractivity contribution >= 4 is 11.4 Å².